The normalized spacial score (nSPS) is 11.4. The number of hydrogen-bond acceptors (Lipinski definition) is 6. The summed E-state index contributed by atoms with van der Waals surface area (Å²) in [7, 11) is 4.55. The summed E-state index contributed by atoms with van der Waals surface area (Å²) in [6.45, 7) is 0.322. The molecule has 2 N–H and O–H groups in total. The van der Waals surface area contributed by atoms with E-state index in [1.165, 1.54) is 20.3 Å². The first-order valence-corrected chi connectivity index (χ1v) is 13.0. The Balaban J connectivity index is 1.54. The molecule has 40 heavy (non-hydrogen) atoms. The van der Waals surface area contributed by atoms with Gasteiger partial charge in [0, 0.05) is 18.5 Å². The van der Waals surface area contributed by atoms with E-state index in [1.807, 2.05) is 0 Å². The van der Waals surface area contributed by atoms with Crippen molar-refractivity contribution >= 4 is 34.9 Å². The Morgan fingerprint density at radius 3 is 2.23 bits per heavy atom. The molecule has 0 saturated heterocycles. The Morgan fingerprint density at radius 1 is 0.900 bits per heavy atom. The van der Waals surface area contributed by atoms with Crippen LogP contribution in [-0.2, 0) is 17.7 Å². The van der Waals surface area contributed by atoms with E-state index in [0.717, 1.165) is 5.56 Å². The lowest BCUT2D eigenvalue weighted by Crippen LogP contribution is -2.16. The Morgan fingerprint density at radius 2 is 1.57 bits per heavy atom. The Labute approximate surface area is 241 Å². The summed E-state index contributed by atoms with van der Waals surface area (Å²) in [5, 5.41) is 3.87. The third kappa shape index (κ3) is 6.76. The molecule has 0 fully saturated rings. The van der Waals surface area contributed by atoms with Crippen molar-refractivity contribution < 1.29 is 33.1 Å². The summed E-state index contributed by atoms with van der Waals surface area (Å²) in [6.07, 6.45) is 2.71. The van der Waals surface area contributed by atoms with Crippen LogP contribution in [0.5, 0.6) is 17.2 Å². The largest absolute Gasteiger partial charge is 0.494 e. The number of aromatic nitrogens is 1. The molecule has 0 radical (unpaired) electrons. The first kappa shape index (κ1) is 29.0. The summed E-state index contributed by atoms with van der Waals surface area (Å²) in [4.78, 5) is 16.1. The monoisotopic (exact) mass is 585 g/mol. The number of halogens is 3. The van der Waals surface area contributed by atoms with Gasteiger partial charge in [0.05, 0.1) is 26.9 Å². The van der Waals surface area contributed by atoms with Gasteiger partial charge in [-0.15, -0.1) is 0 Å². The minimum Gasteiger partial charge on any atom is -0.494 e. The van der Waals surface area contributed by atoms with Crippen molar-refractivity contribution in [2.24, 2.45) is 0 Å². The Kier molecular flexibility index (Phi) is 9.69. The number of aromatic amines is 1. The van der Waals surface area contributed by atoms with Gasteiger partial charge in [0.2, 0.25) is 0 Å². The van der Waals surface area contributed by atoms with Crippen molar-refractivity contribution in [2.75, 3.05) is 26.6 Å². The second-order valence-corrected chi connectivity index (χ2v) is 9.52. The van der Waals surface area contributed by atoms with Crippen LogP contribution >= 0.6 is 23.2 Å². The van der Waals surface area contributed by atoms with E-state index in [-0.39, 0.29) is 12.1 Å². The molecule has 0 amide bonds. The van der Waals surface area contributed by atoms with Gasteiger partial charge in [-0.05, 0) is 47.5 Å². The van der Waals surface area contributed by atoms with Gasteiger partial charge in [-0.2, -0.15) is 0 Å². The summed E-state index contributed by atoms with van der Waals surface area (Å²) >= 11 is 12.8. The van der Waals surface area contributed by atoms with Gasteiger partial charge >= 0.3 is 5.97 Å². The number of ether oxygens (including phenoxy) is 4. The maximum absolute atomic E-state index is 14.2. The van der Waals surface area contributed by atoms with E-state index in [2.05, 4.69) is 10.3 Å². The fraction of sp³-hybridized carbons (Fsp3) is 0.200. The third-order valence-corrected chi connectivity index (χ3v) is 6.94. The fourth-order valence-electron chi connectivity index (χ4n) is 4.13. The number of methoxy groups -OCH3 is 3. The SMILES string of the molecule is COc1ccc([C@H](Cc2c(Cl)c[nH+]cc2Cl)OC(=O)c2ccc(CNc3c(F)cccc3OC)cc2)cc1OC. The van der Waals surface area contributed by atoms with E-state index in [4.69, 9.17) is 42.1 Å². The zero-order chi connectivity index (χ0) is 28.6. The van der Waals surface area contributed by atoms with Crippen molar-refractivity contribution in [1.82, 2.24) is 0 Å². The number of benzene rings is 3. The lowest BCUT2D eigenvalue weighted by Gasteiger charge is -2.20. The molecular formula is C30H28Cl2FN2O5+. The molecule has 1 heterocycles. The molecule has 0 saturated carbocycles. The topological polar surface area (TPSA) is 80.2 Å². The average Bonchev–Trinajstić information content (AvgIpc) is 2.97. The number of anilines is 1. The van der Waals surface area contributed by atoms with Gasteiger partial charge in [0.25, 0.3) is 0 Å². The third-order valence-electron chi connectivity index (χ3n) is 6.27. The van der Waals surface area contributed by atoms with Crippen molar-refractivity contribution in [1.29, 1.82) is 0 Å². The maximum Gasteiger partial charge on any atom is 0.338 e. The summed E-state index contributed by atoms with van der Waals surface area (Å²) in [6, 6.07) is 16.7. The number of rotatable bonds is 11. The van der Waals surface area contributed by atoms with Crippen LogP contribution in [0, 0.1) is 5.82 Å². The molecular weight excluding hydrogens is 558 g/mol. The number of pyridine rings is 1. The first-order chi connectivity index (χ1) is 19.3. The lowest BCUT2D eigenvalue weighted by atomic mass is 10.0. The number of nitrogens with one attached hydrogen (secondary N) is 2. The Bertz CT molecular complexity index is 1460. The highest BCUT2D eigenvalue weighted by Gasteiger charge is 2.24. The molecule has 0 aliphatic rings. The van der Waals surface area contributed by atoms with Gasteiger partial charge in [-0.1, -0.05) is 47.5 Å². The van der Waals surface area contributed by atoms with E-state index < -0.39 is 17.9 Å². The van der Waals surface area contributed by atoms with Crippen LogP contribution in [0.1, 0.15) is 33.2 Å². The predicted molar refractivity (Wildman–Crippen MR) is 151 cm³/mol. The van der Waals surface area contributed by atoms with Crippen molar-refractivity contribution in [3.05, 3.63) is 111 Å². The quantitative estimate of drug-likeness (QED) is 0.197. The molecule has 7 nitrogen and oxygen atoms in total. The smallest absolute Gasteiger partial charge is 0.338 e. The predicted octanol–water partition coefficient (Wildman–Crippen LogP) is 6.73. The van der Waals surface area contributed by atoms with E-state index in [9.17, 15) is 9.18 Å². The van der Waals surface area contributed by atoms with Crippen LogP contribution in [0.4, 0.5) is 10.1 Å². The van der Waals surface area contributed by atoms with Gasteiger partial charge in [-0.3, -0.25) is 0 Å². The summed E-state index contributed by atoms with van der Waals surface area (Å²) in [5.41, 5.74) is 2.74. The molecule has 208 valence electrons. The van der Waals surface area contributed by atoms with Gasteiger partial charge < -0.3 is 24.3 Å². The molecule has 10 heteroatoms. The lowest BCUT2D eigenvalue weighted by molar-refractivity contribution is -0.377. The number of H-pyrrole nitrogens is 1. The fourth-order valence-corrected chi connectivity index (χ4v) is 4.66. The van der Waals surface area contributed by atoms with Crippen LogP contribution < -0.4 is 24.5 Å². The average molecular weight is 586 g/mol. The van der Waals surface area contributed by atoms with Crippen LogP contribution in [0.2, 0.25) is 10.0 Å². The second-order valence-electron chi connectivity index (χ2n) is 8.71. The van der Waals surface area contributed by atoms with Crippen molar-refractivity contribution in [3.63, 3.8) is 0 Å². The van der Waals surface area contributed by atoms with Crippen LogP contribution in [0.25, 0.3) is 0 Å². The number of carbonyl (C=O) groups is 1. The number of para-hydroxylation sites is 1. The minimum atomic E-state index is -0.737. The van der Waals surface area contributed by atoms with Gasteiger partial charge in [0.1, 0.15) is 33.4 Å². The zero-order valence-corrected chi connectivity index (χ0v) is 23.6. The van der Waals surface area contributed by atoms with E-state index >= 15 is 0 Å². The maximum atomic E-state index is 14.2. The van der Waals surface area contributed by atoms with Gasteiger partial charge in [-0.25, -0.2) is 14.2 Å². The molecule has 0 spiro atoms. The molecule has 0 bridgehead atoms. The Hall–Kier alpha value is -4.01. The van der Waals surface area contributed by atoms with E-state index in [0.29, 0.717) is 50.5 Å². The minimum absolute atomic E-state index is 0.222. The summed E-state index contributed by atoms with van der Waals surface area (Å²) < 4.78 is 36.2. The van der Waals surface area contributed by atoms with E-state index in [1.54, 1.807) is 74.1 Å². The first-order valence-electron chi connectivity index (χ1n) is 12.3. The molecule has 0 unspecified atom stereocenters. The standard InChI is InChI=1S/C30H27Cl2FN2O5/c1-37-25-12-11-20(13-28(25)39-3)27(14-21-22(31)16-34-17-23(21)32)40-30(36)19-9-7-18(8-10-19)15-35-29-24(33)5-4-6-26(29)38-2/h4-13,16-17,27,35H,14-15H2,1-3H3/p+1/t27-/m0/s1. The van der Waals surface area contributed by atoms with Crippen LogP contribution in [0.3, 0.4) is 0 Å². The van der Waals surface area contributed by atoms with Crippen LogP contribution in [-0.4, -0.2) is 27.3 Å². The second kappa shape index (κ2) is 13.4. The molecule has 3 aromatic carbocycles. The number of esters is 1. The zero-order valence-electron chi connectivity index (χ0n) is 22.1. The molecule has 1 aromatic heterocycles. The highest BCUT2D eigenvalue weighted by Crippen LogP contribution is 2.35. The molecule has 0 aliphatic carbocycles. The summed E-state index contributed by atoms with van der Waals surface area (Å²) in [5.74, 6) is 0.474. The highest BCUT2D eigenvalue weighted by molar-refractivity contribution is 6.35. The number of hydrogen-bond donors (Lipinski definition) is 1. The molecule has 0 aliphatic heterocycles. The van der Waals surface area contributed by atoms with Crippen molar-refractivity contribution in [3.8, 4) is 17.2 Å². The molecule has 4 aromatic rings. The number of carbonyl (C=O) groups excluding carboxylic acids is 1. The van der Waals surface area contributed by atoms with Crippen molar-refractivity contribution in [2.45, 2.75) is 19.1 Å². The van der Waals surface area contributed by atoms with Gasteiger partial charge in [0.15, 0.2) is 23.9 Å². The highest BCUT2D eigenvalue weighted by atomic mass is 35.5. The molecule has 4 rings (SSSR count). The molecule has 1 atom stereocenters. The van der Waals surface area contributed by atoms with Crippen LogP contribution in [0.15, 0.2) is 73.1 Å².